The van der Waals surface area contributed by atoms with Gasteiger partial charge in [0, 0.05) is 6.07 Å². The summed E-state index contributed by atoms with van der Waals surface area (Å²) < 4.78 is 71.8. The molecule has 7 nitrogen and oxygen atoms in total. The number of hydrogen-bond acceptors (Lipinski definition) is 6. The molecule has 166 valence electrons. The molecule has 31 heavy (non-hydrogen) atoms. The number of esters is 1. The van der Waals surface area contributed by atoms with Crippen LogP contribution in [0.3, 0.4) is 0 Å². The molecule has 0 aromatic heterocycles. The molecule has 1 heterocycles. The minimum atomic E-state index is -4.23. The Kier molecular flexibility index (Phi) is 5.89. The summed E-state index contributed by atoms with van der Waals surface area (Å²) in [5.41, 5.74) is -1.78. The van der Waals surface area contributed by atoms with Crippen molar-refractivity contribution in [3.63, 3.8) is 0 Å². The zero-order valence-corrected chi connectivity index (χ0v) is 18.5. The Morgan fingerprint density at radius 3 is 2.06 bits per heavy atom. The molecule has 0 amide bonds. The van der Waals surface area contributed by atoms with E-state index in [0.29, 0.717) is 17.6 Å². The van der Waals surface area contributed by atoms with Gasteiger partial charge < -0.3 is 14.0 Å². The number of hydrogen-bond donors (Lipinski definition) is 1. The van der Waals surface area contributed by atoms with Crippen molar-refractivity contribution in [3.8, 4) is 0 Å². The zero-order valence-electron chi connectivity index (χ0n) is 17.7. The molecule has 0 unspecified atom stereocenters. The highest BCUT2D eigenvalue weighted by Crippen LogP contribution is 2.36. The third kappa shape index (κ3) is 4.44. The summed E-state index contributed by atoms with van der Waals surface area (Å²) in [7, 11) is -3.89. The summed E-state index contributed by atoms with van der Waals surface area (Å²) in [6.45, 7) is 7.59. The van der Waals surface area contributed by atoms with Gasteiger partial charge in [0.2, 0.25) is 0 Å². The summed E-state index contributed by atoms with van der Waals surface area (Å²) in [5, 5.41) is 0. The van der Waals surface area contributed by atoms with Crippen LogP contribution in [-0.2, 0) is 24.1 Å². The number of nitrogens with one attached hydrogen (secondary N) is 1. The van der Waals surface area contributed by atoms with Crippen LogP contribution in [0, 0.1) is 11.6 Å². The minimum absolute atomic E-state index is 0.176. The molecule has 1 saturated heterocycles. The molecule has 0 aliphatic carbocycles. The molecule has 0 atom stereocenters. The molecule has 1 aliphatic heterocycles. The van der Waals surface area contributed by atoms with E-state index in [9.17, 15) is 22.0 Å². The normalized spacial score (nSPS) is 17.5. The molecular formula is C20H22BF2NO6S. The first-order chi connectivity index (χ1) is 14.3. The maximum Gasteiger partial charge on any atom is 0.494 e. The lowest BCUT2D eigenvalue weighted by molar-refractivity contribution is 0.00578. The van der Waals surface area contributed by atoms with E-state index < -0.39 is 57.2 Å². The molecule has 1 fully saturated rings. The van der Waals surface area contributed by atoms with Gasteiger partial charge in [-0.1, -0.05) is 12.1 Å². The van der Waals surface area contributed by atoms with Crippen LogP contribution in [0.4, 0.5) is 14.5 Å². The van der Waals surface area contributed by atoms with Crippen molar-refractivity contribution in [3.05, 3.63) is 53.6 Å². The molecule has 0 bridgehead atoms. The molecule has 3 rings (SSSR count). The first kappa shape index (κ1) is 23.2. The molecular weight excluding hydrogens is 431 g/mol. The fourth-order valence-electron chi connectivity index (χ4n) is 2.88. The van der Waals surface area contributed by atoms with E-state index in [0.717, 1.165) is 7.11 Å². The highest BCUT2D eigenvalue weighted by Gasteiger charge is 2.51. The Labute approximate surface area is 179 Å². The highest BCUT2D eigenvalue weighted by atomic mass is 32.2. The van der Waals surface area contributed by atoms with Crippen LogP contribution >= 0.6 is 0 Å². The van der Waals surface area contributed by atoms with Crippen molar-refractivity contribution < 1.29 is 36.0 Å². The number of methoxy groups -OCH3 is 1. The highest BCUT2D eigenvalue weighted by molar-refractivity contribution is 7.92. The summed E-state index contributed by atoms with van der Waals surface area (Å²) in [4.78, 5) is 11.3. The Hall–Kier alpha value is -2.50. The van der Waals surface area contributed by atoms with E-state index in [-0.39, 0.29) is 4.90 Å². The first-order valence-electron chi connectivity index (χ1n) is 9.33. The molecule has 0 radical (unpaired) electrons. The van der Waals surface area contributed by atoms with Crippen molar-refractivity contribution in [2.24, 2.45) is 0 Å². The number of benzene rings is 2. The van der Waals surface area contributed by atoms with Crippen LogP contribution in [0.2, 0.25) is 0 Å². The zero-order chi connectivity index (χ0) is 23.2. The second kappa shape index (κ2) is 7.88. The Balaban J connectivity index is 1.82. The van der Waals surface area contributed by atoms with Crippen molar-refractivity contribution in [2.45, 2.75) is 43.8 Å². The third-order valence-corrected chi connectivity index (χ3v) is 6.80. The van der Waals surface area contributed by atoms with Gasteiger partial charge in [0.1, 0.15) is 11.6 Å². The Morgan fingerprint density at radius 2 is 1.55 bits per heavy atom. The fourth-order valence-corrected chi connectivity index (χ4v) is 3.94. The van der Waals surface area contributed by atoms with Gasteiger partial charge in [-0.15, -0.1) is 0 Å². The lowest BCUT2D eigenvalue weighted by atomic mass is 9.79. The van der Waals surface area contributed by atoms with E-state index >= 15 is 0 Å². The van der Waals surface area contributed by atoms with Gasteiger partial charge in [-0.3, -0.25) is 4.72 Å². The van der Waals surface area contributed by atoms with Crippen LogP contribution in [0.5, 0.6) is 0 Å². The number of carbonyl (C=O) groups is 1. The molecule has 11 heteroatoms. The lowest BCUT2D eigenvalue weighted by Gasteiger charge is -2.32. The van der Waals surface area contributed by atoms with Gasteiger partial charge >= 0.3 is 13.1 Å². The number of sulfonamides is 1. The smallest absolute Gasteiger partial charge is 0.465 e. The molecule has 0 saturated carbocycles. The first-order valence-corrected chi connectivity index (χ1v) is 10.8. The van der Waals surface area contributed by atoms with Crippen LogP contribution in [0.1, 0.15) is 38.1 Å². The third-order valence-electron chi connectivity index (χ3n) is 5.42. The van der Waals surface area contributed by atoms with E-state index in [1.165, 1.54) is 24.3 Å². The number of halogens is 2. The molecule has 0 spiro atoms. The number of ether oxygens (including phenoxy) is 1. The minimum Gasteiger partial charge on any atom is -0.465 e. The molecule has 2 aromatic carbocycles. The van der Waals surface area contributed by atoms with Gasteiger partial charge in [0.15, 0.2) is 0 Å². The van der Waals surface area contributed by atoms with E-state index in [1.807, 2.05) is 32.4 Å². The summed E-state index contributed by atoms with van der Waals surface area (Å²) in [6, 6.07) is 6.81. The van der Waals surface area contributed by atoms with Crippen molar-refractivity contribution >= 4 is 34.3 Å². The maximum atomic E-state index is 14.3. The molecule has 1 aliphatic rings. The molecule has 2 aromatic rings. The van der Waals surface area contributed by atoms with Gasteiger partial charge in [-0.2, -0.15) is 0 Å². The monoisotopic (exact) mass is 453 g/mol. The Bertz CT molecular complexity index is 1100. The average molecular weight is 453 g/mol. The van der Waals surface area contributed by atoms with Gasteiger partial charge in [0.25, 0.3) is 10.0 Å². The van der Waals surface area contributed by atoms with Crippen LogP contribution in [0.25, 0.3) is 0 Å². The SMILES string of the molecule is COC(=O)c1cc(F)c(NS(=O)(=O)c2ccc(B3OC(C)(C)C(C)(C)O3)cc2)cc1F. The summed E-state index contributed by atoms with van der Waals surface area (Å²) in [5.74, 6) is -3.33. The Morgan fingerprint density at radius 1 is 1.00 bits per heavy atom. The summed E-state index contributed by atoms with van der Waals surface area (Å²) >= 11 is 0. The summed E-state index contributed by atoms with van der Waals surface area (Å²) in [6.07, 6.45) is 0. The van der Waals surface area contributed by atoms with Crippen molar-refractivity contribution in [1.29, 1.82) is 0 Å². The van der Waals surface area contributed by atoms with E-state index in [4.69, 9.17) is 9.31 Å². The van der Waals surface area contributed by atoms with Gasteiger partial charge in [-0.25, -0.2) is 22.0 Å². The van der Waals surface area contributed by atoms with Crippen LogP contribution in [0.15, 0.2) is 41.3 Å². The van der Waals surface area contributed by atoms with Gasteiger partial charge in [0.05, 0.1) is 34.5 Å². The topological polar surface area (TPSA) is 90.9 Å². The quantitative estimate of drug-likeness (QED) is 0.553. The van der Waals surface area contributed by atoms with Crippen molar-refractivity contribution in [1.82, 2.24) is 0 Å². The second-order valence-electron chi connectivity index (χ2n) is 8.07. The van der Waals surface area contributed by atoms with E-state index in [2.05, 4.69) is 4.74 Å². The van der Waals surface area contributed by atoms with E-state index in [1.54, 1.807) is 0 Å². The second-order valence-corrected chi connectivity index (χ2v) is 9.75. The predicted octanol–water partition coefficient (Wildman–Crippen LogP) is 2.85. The molecule has 1 N–H and O–H groups in total. The predicted molar refractivity (Wildman–Crippen MR) is 111 cm³/mol. The lowest BCUT2D eigenvalue weighted by Crippen LogP contribution is -2.41. The fraction of sp³-hybridized carbons (Fsp3) is 0.350. The number of anilines is 1. The number of rotatable bonds is 5. The van der Waals surface area contributed by atoms with Crippen LogP contribution in [-0.4, -0.2) is 39.8 Å². The van der Waals surface area contributed by atoms with Crippen molar-refractivity contribution in [2.75, 3.05) is 11.8 Å². The van der Waals surface area contributed by atoms with Crippen LogP contribution < -0.4 is 10.2 Å². The largest absolute Gasteiger partial charge is 0.494 e. The number of carbonyl (C=O) groups excluding carboxylic acids is 1. The maximum absolute atomic E-state index is 14.3. The average Bonchev–Trinajstić information content (AvgIpc) is 2.91. The van der Waals surface area contributed by atoms with Gasteiger partial charge in [-0.05, 0) is 51.4 Å². The standard InChI is InChI=1S/C20H22BF2NO6S/c1-19(2)20(3,4)30-21(29-19)12-6-8-13(9-7-12)31(26,27)24-17-11-15(22)14(10-16(17)23)18(25)28-5/h6-11,24H,1-5H3.